The van der Waals surface area contributed by atoms with E-state index in [1.807, 2.05) is 0 Å². The van der Waals surface area contributed by atoms with Crippen LogP contribution in [0.3, 0.4) is 0 Å². The summed E-state index contributed by atoms with van der Waals surface area (Å²) in [5, 5.41) is 17.5. The maximum absolute atomic E-state index is 11.2. The SMILES string of the molecule is O=C(O)c1cc(Br)ccc1OCc1nnc2n1CCCC2. The summed E-state index contributed by atoms with van der Waals surface area (Å²) in [5.74, 6) is 1.03. The predicted molar refractivity (Wildman–Crippen MR) is 78.4 cm³/mol. The Bertz CT molecular complexity index is 684. The molecule has 6 nitrogen and oxygen atoms in total. The van der Waals surface area contributed by atoms with Crippen LogP contribution in [0.5, 0.6) is 5.75 Å². The summed E-state index contributed by atoms with van der Waals surface area (Å²) in [7, 11) is 0. The Hall–Kier alpha value is -1.89. The maximum Gasteiger partial charge on any atom is 0.339 e. The van der Waals surface area contributed by atoms with Gasteiger partial charge < -0.3 is 14.4 Å². The van der Waals surface area contributed by atoms with Gasteiger partial charge in [0, 0.05) is 17.4 Å². The van der Waals surface area contributed by atoms with Crippen molar-refractivity contribution in [1.82, 2.24) is 14.8 Å². The number of nitrogens with zero attached hydrogens (tertiary/aromatic N) is 3. The molecule has 1 aromatic carbocycles. The fourth-order valence-corrected chi connectivity index (χ4v) is 2.77. The van der Waals surface area contributed by atoms with Gasteiger partial charge in [-0.3, -0.25) is 0 Å². The molecule has 1 aliphatic rings. The third kappa shape index (κ3) is 2.92. The molecule has 0 aliphatic carbocycles. The van der Waals surface area contributed by atoms with Crippen molar-refractivity contribution in [3.8, 4) is 5.75 Å². The van der Waals surface area contributed by atoms with Crippen molar-refractivity contribution in [2.24, 2.45) is 0 Å². The van der Waals surface area contributed by atoms with E-state index < -0.39 is 5.97 Å². The Balaban J connectivity index is 1.79. The van der Waals surface area contributed by atoms with Crippen molar-refractivity contribution in [3.63, 3.8) is 0 Å². The number of ether oxygens (including phenoxy) is 1. The number of benzene rings is 1. The van der Waals surface area contributed by atoms with Crippen LogP contribution in [0.2, 0.25) is 0 Å². The smallest absolute Gasteiger partial charge is 0.339 e. The minimum Gasteiger partial charge on any atom is -0.485 e. The second-order valence-electron chi connectivity index (χ2n) is 4.88. The van der Waals surface area contributed by atoms with Crippen LogP contribution < -0.4 is 4.74 Å². The number of rotatable bonds is 4. The first-order valence-electron chi connectivity index (χ1n) is 6.72. The van der Waals surface area contributed by atoms with Crippen molar-refractivity contribution >= 4 is 21.9 Å². The summed E-state index contributed by atoms with van der Waals surface area (Å²) < 4.78 is 8.40. The number of hydrogen-bond acceptors (Lipinski definition) is 4. The van der Waals surface area contributed by atoms with E-state index in [4.69, 9.17) is 4.74 Å². The minimum atomic E-state index is -1.02. The number of halogens is 1. The van der Waals surface area contributed by atoms with Gasteiger partial charge in [-0.05, 0) is 31.0 Å². The van der Waals surface area contributed by atoms with Gasteiger partial charge in [0.1, 0.15) is 23.7 Å². The lowest BCUT2D eigenvalue weighted by Gasteiger charge is -2.15. The number of hydrogen-bond donors (Lipinski definition) is 1. The third-order valence-electron chi connectivity index (χ3n) is 3.46. The van der Waals surface area contributed by atoms with E-state index in [0.29, 0.717) is 10.2 Å². The van der Waals surface area contributed by atoms with E-state index in [1.54, 1.807) is 12.1 Å². The van der Waals surface area contributed by atoms with Crippen LogP contribution >= 0.6 is 15.9 Å². The normalized spacial score (nSPS) is 13.8. The molecule has 0 spiro atoms. The quantitative estimate of drug-likeness (QED) is 0.915. The van der Waals surface area contributed by atoms with Crippen molar-refractivity contribution in [1.29, 1.82) is 0 Å². The van der Waals surface area contributed by atoms with Crippen LogP contribution in [0.25, 0.3) is 0 Å². The lowest BCUT2D eigenvalue weighted by atomic mass is 10.2. The molecular weight excluding hydrogens is 338 g/mol. The number of carbonyl (C=O) groups is 1. The van der Waals surface area contributed by atoms with E-state index in [9.17, 15) is 9.90 Å². The fraction of sp³-hybridized carbons (Fsp3) is 0.357. The van der Waals surface area contributed by atoms with Gasteiger partial charge in [-0.15, -0.1) is 10.2 Å². The van der Waals surface area contributed by atoms with Gasteiger partial charge in [0.05, 0.1) is 0 Å². The monoisotopic (exact) mass is 351 g/mol. The molecule has 0 saturated heterocycles. The minimum absolute atomic E-state index is 0.128. The number of aromatic nitrogens is 3. The summed E-state index contributed by atoms with van der Waals surface area (Å²) >= 11 is 3.26. The summed E-state index contributed by atoms with van der Waals surface area (Å²) in [6.07, 6.45) is 3.18. The van der Waals surface area contributed by atoms with Crippen LogP contribution in [-0.4, -0.2) is 25.8 Å². The van der Waals surface area contributed by atoms with Crippen molar-refractivity contribution < 1.29 is 14.6 Å². The molecule has 0 atom stereocenters. The molecular formula is C14H14BrN3O3. The highest BCUT2D eigenvalue weighted by molar-refractivity contribution is 9.10. The molecule has 0 saturated carbocycles. The second-order valence-corrected chi connectivity index (χ2v) is 5.79. The number of aromatic carboxylic acids is 1. The maximum atomic E-state index is 11.2. The van der Waals surface area contributed by atoms with Crippen LogP contribution in [0, 0.1) is 0 Å². The molecule has 0 bridgehead atoms. The Labute approximate surface area is 129 Å². The molecule has 2 heterocycles. The number of aryl methyl sites for hydroxylation is 1. The van der Waals surface area contributed by atoms with Crippen molar-refractivity contribution in [2.75, 3.05) is 0 Å². The third-order valence-corrected chi connectivity index (χ3v) is 3.96. The van der Waals surface area contributed by atoms with Crippen LogP contribution in [-0.2, 0) is 19.6 Å². The first-order valence-corrected chi connectivity index (χ1v) is 7.51. The van der Waals surface area contributed by atoms with E-state index in [0.717, 1.165) is 37.5 Å². The van der Waals surface area contributed by atoms with E-state index in [2.05, 4.69) is 30.7 Å². The van der Waals surface area contributed by atoms with Gasteiger partial charge in [-0.25, -0.2) is 4.79 Å². The molecule has 3 rings (SSSR count). The molecule has 0 fully saturated rings. The predicted octanol–water partition coefficient (Wildman–Crippen LogP) is 2.65. The average molecular weight is 352 g/mol. The Morgan fingerprint density at radius 2 is 2.24 bits per heavy atom. The Morgan fingerprint density at radius 3 is 3.05 bits per heavy atom. The van der Waals surface area contributed by atoms with Crippen LogP contribution in [0.4, 0.5) is 0 Å². The summed E-state index contributed by atoms with van der Waals surface area (Å²) in [4.78, 5) is 11.2. The van der Waals surface area contributed by atoms with E-state index in [-0.39, 0.29) is 12.2 Å². The highest BCUT2D eigenvalue weighted by Gasteiger charge is 2.17. The lowest BCUT2D eigenvalue weighted by molar-refractivity contribution is 0.0691. The molecule has 21 heavy (non-hydrogen) atoms. The molecule has 1 aromatic heterocycles. The molecule has 0 amide bonds. The number of carboxylic acid groups (broad SMARTS) is 1. The second kappa shape index (κ2) is 5.85. The Kier molecular flexibility index (Phi) is 3.92. The number of carboxylic acids is 1. The lowest BCUT2D eigenvalue weighted by Crippen LogP contribution is -2.15. The van der Waals surface area contributed by atoms with Crippen LogP contribution in [0.15, 0.2) is 22.7 Å². The van der Waals surface area contributed by atoms with Crippen LogP contribution in [0.1, 0.15) is 34.8 Å². The standard InChI is InChI=1S/C14H14BrN3O3/c15-9-4-5-11(10(7-9)14(19)20)21-8-13-17-16-12-3-1-2-6-18(12)13/h4-5,7H,1-3,6,8H2,(H,19,20). The summed E-state index contributed by atoms with van der Waals surface area (Å²) in [6.45, 7) is 1.11. The zero-order valence-electron chi connectivity index (χ0n) is 11.3. The molecule has 110 valence electrons. The van der Waals surface area contributed by atoms with Gasteiger partial charge in [0.2, 0.25) is 0 Å². The summed E-state index contributed by atoms with van der Waals surface area (Å²) in [5.41, 5.74) is 0.128. The molecule has 1 N–H and O–H groups in total. The van der Waals surface area contributed by atoms with Gasteiger partial charge in [0.25, 0.3) is 0 Å². The zero-order valence-corrected chi connectivity index (χ0v) is 12.8. The van der Waals surface area contributed by atoms with Gasteiger partial charge in [-0.1, -0.05) is 15.9 Å². The molecule has 1 aliphatic heterocycles. The Morgan fingerprint density at radius 1 is 1.38 bits per heavy atom. The molecule has 7 heteroatoms. The van der Waals surface area contributed by atoms with E-state index >= 15 is 0 Å². The zero-order chi connectivity index (χ0) is 14.8. The molecule has 2 aromatic rings. The van der Waals surface area contributed by atoms with Crippen molar-refractivity contribution in [3.05, 3.63) is 39.9 Å². The highest BCUT2D eigenvalue weighted by Crippen LogP contribution is 2.24. The first kappa shape index (κ1) is 14.1. The topological polar surface area (TPSA) is 77.2 Å². The first-order chi connectivity index (χ1) is 10.1. The fourth-order valence-electron chi connectivity index (χ4n) is 2.41. The average Bonchev–Trinajstić information content (AvgIpc) is 2.89. The largest absolute Gasteiger partial charge is 0.485 e. The van der Waals surface area contributed by atoms with Gasteiger partial charge in [0.15, 0.2) is 5.82 Å². The molecule has 0 radical (unpaired) electrons. The van der Waals surface area contributed by atoms with Gasteiger partial charge >= 0.3 is 5.97 Å². The van der Waals surface area contributed by atoms with Gasteiger partial charge in [-0.2, -0.15) is 0 Å². The number of fused-ring (bicyclic) bond motifs is 1. The summed E-state index contributed by atoms with van der Waals surface area (Å²) in [6, 6.07) is 4.92. The molecule has 0 unspecified atom stereocenters. The van der Waals surface area contributed by atoms with E-state index in [1.165, 1.54) is 6.07 Å². The van der Waals surface area contributed by atoms with Crippen molar-refractivity contribution in [2.45, 2.75) is 32.4 Å². The highest BCUT2D eigenvalue weighted by atomic mass is 79.9.